The number of fused-ring (bicyclic) bond motifs is 1. The molecule has 0 saturated carbocycles. The molecule has 6 nitrogen and oxygen atoms in total. The van der Waals surface area contributed by atoms with E-state index in [-0.39, 0.29) is 12.2 Å². The molecule has 2 rings (SSSR count). The molecule has 0 radical (unpaired) electrons. The van der Waals surface area contributed by atoms with E-state index in [9.17, 15) is 13.2 Å². The van der Waals surface area contributed by atoms with Crippen LogP contribution in [-0.2, 0) is 27.7 Å². The number of carboxylic acids is 1. The number of carboxylic acid groups (broad SMARTS) is 1. The molecule has 0 saturated heterocycles. The van der Waals surface area contributed by atoms with Crippen LogP contribution in [0.4, 0.5) is 0 Å². The van der Waals surface area contributed by atoms with Crippen LogP contribution in [0.2, 0.25) is 0 Å². The molecule has 0 amide bonds. The Morgan fingerprint density at radius 2 is 2.15 bits per heavy atom. The summed E-state index contributed by atoms with van der Waals surface area (Å²) < 4.78 is 25.1. The molecule has 108 valence electrons. The van der Waals surface area contributed by atoms with Gasteiger partial charge in [-0.3, -0.25) is 4.79 Å². The van der Waals surface area contributed by atoms with Crippen molar-refractivity contribution in [1.29, 1.82) is 0 Å². The molecular formula is C13H16N2O4S. The van der Waals surface area contributed by atoms with E-state index in [1.165, 1.54) is 7.05 Å². The molecule has 2 aromatic rings. The van der Waals surface area contributed by atoms with E-state index in [4.69, 9.17) is 5.11 Å². The number of H-pyrrole nitrogens is 1. The first-order chi connectivity index (χ1) is 9.41. The molecular weight excluding hydrogens is 280 g/mol. The molecule has 1 heterocycles. The molecule has 0 aliphatic heterocycles. The fraction of sp³-hybridized carbons (Fsp3) is 0.308. The monoisotopic (exact) mass is 296 g/mol. The van der Waals surface area contributed by atoms with Crippen molar-refractivity contribution in [2.24, 2.45) is 0 Å². The Balaban J connectivity index is 2.25. The smallest absolute Gasteiger partial charge is 0.307 e. The number of sulfonamides is 1. The second-order valence-electron chi connectivity index (χ2n) is 4.54. The first-order valence-electron chi connectivity index (χ1n) is 6.13. The number of aromatic nitrogens is 1. The summed E-state index contributed by atoms with van der Waals surface area (Å²) in [6, 6.07) is 5.52. The van der Waals surface area contributed by atoms with Gasteiger partial charge in [-0.1, -0.05) is 6.07 Å². The minimum absolute atomic E-state index is 0.00763. The van der Waals surface area contributed by atoms with Gasteiger partial charge in [0.1, 0.15) is 0 Å². The molecule has 20 heavy (non-hydrogen) atoms. The van der Waals surface area contributed by atoms with Crippen LogP contribution in [0.5, 0.6) is 0 Å². The van der Waals surface area contributed by atoms with Gasteiger partial charge in [0.25, 0.3) is 0 Å². The minimum Gasteiger partial charge on any atom is -0.481 e. The summed E-state index contributed by atoms with van der Waals surface area (Å²) in [5.41, 5.74) is 2.41. The van der Waals surface area contributed by atoms with Crippen LogP contribution in [0.25, 0.3) is 10.9 Å². The Morgan fingerprint density at radius 1 is 1.40 bits per heavy atom. The second kappa shape index (κ2) is 5.64. The number of carbonyl (C=O) groups is 1. The lowest BCUT2D eigenvalue weighted by atomic mass is 10.1. The maximum Gasteiger partial charge on any atom is 0.307 e. The van der Waals surface area contributed by atoms with Gasteiger partial charge in [-0.15, -0.1) is 0 Å². The Bertz CT molecular complexity index is 734. The largest absolute Gasteiger partial charge is 0.481 e. The molecule has 3 N–H and O–H groups in total. The molecule has 1 aromatic carbocycles. The Kier molecular flexibility index (Phi) is 4.10. The van der Waals surface area contributed by atoms with E-state index in [1.807, 2.05) is 18.2 Å². The Labute approximate surface area is 116 Å². The number of benzene rings is 1. The lowest BCUT2D eigenvalue weighted by Gasteiger charge is -2.04. The van der Waals surface area contributed by atoms with E-state index < -0.39 is 16.0 Å². The van der Waals surface area contributed by atoms with Crippen molar-refractivity contribution in [3.8, 4) is 0 Å². The lowest BCUT2D eigenvalue weighted by Crippen LogP contribution is -2.23. The fourth-order valence-electron chi connectivity index (χ4n) is 2.04. The Hall–Kier alpha value is -1.86. The van der Waals surface area contributed by atoms with Gasteiger partial charge in [0, 0.05) is 17.1 Å². The van der Waals surface area contributed by atoms with Crippen LogP contribution in [0.1, 0.15) is 11.1 Å². The number of rotatable bonds is 6. The van der Waals surface area contributed by atoms with Gasteiger partial charge in [-0.25, -0.2) is 13.1 Å². The van der Waals surface area contributed by atoms with Crippen LogP contribution >= 0.6 is 0 Å². The summed E-state index contributed by atoms with van der Waals surface area (Å²) in [5, 5.41) is 9.68. The molecule has 7 heteroatoms. The number of aromatic amines is 1. The van der Waals surface area contributed by atoms with Crippen LogP contribution in [0.3, 0.4) is 0 Å². The Morgan fingerprint density at radius 3 is 2.80 bits per heavy atom. The van der Waals surface area contributed by atoms with E-state index in [0.29, 0.717) is 12.0 Å². The van der Waals surface area contributed by atoms with Crippen molar-refractivity contribution in [2.75, 3.05) is 12.8 Å². The fourth-order valence-corrected chi connectivity index (χ4v) is 2.75. The molecule has 0 unspecified atom stereocenters. The zero-order chi connectivity index (χ0) is 14.8. The average Bonchev–Trinajstić information content (AvgIpc) is 2.79. The minimum atomic E-state index is -3.24. The predicted octanol–water partition coefficient (Wildman–Crippen LogP) is 0.887. The van der Waals surface area contributed by atoms with Crippen molar-refractivity contribution >= 4 is 26.9 Å². The normalized spacial score (nSPS) is 11.8. The van der Waals surface area contributed by atoms with Gasteiger partial charge in [0.2, 0.25) is 10.0 Å². The van der Waals surface area contributed by atoms with Crippen LogP contribution in [0.15, 0.2) is 24.4 Å². The molecule has 1 aromatic heterocycles. The first-order valence-corrected chi connectivity index (χ1v) is 7.78. The SMILES string of the molecule is CNS(=O)(=O)CCc1ccc2[nH]cc(CC(=O)O)c2c1. The topological polar surface area (TPSA) is 99.3 Å². The summed E-state index contributed by atoms with van der Waals surface area (Å²) in [6.45, 7) is 0. The molecule has 0 fully saturated rings. The molecule has 0 bridgehead atoms. The summed E-state index contributed by atoms with van der Waals surface area (Å²) in [6.07, 6.45) is 2.00. The van der Waals surface area contributed by atoms with E-state index in [1.54, 1.807) is 6.20 Å². The van der Waals surface area contributed by atoms with Crippen LogP contribution in [0, 0.1) is 0 Å². The molecule has 0 spiro atoms. The van der Waals surface area contributed by atoms with E-state index in [2.05, 4.69) is 9.71 Å². The summed E-state index contributed by atoms with van der Waals surface area (Å²) in [4.78, 5) is 13.8. The van der Waals surface area contributed by atoms with Gasteiger partial charge in [-0.2, -0.15) is 0 Å². The highest BCUT2D eigenvalue weighted by Crippen LogP contribution is 2.21. The summed E-state index contributed by atoms with van der Waals surface area (Å²) in [7, 11) is -1.85. The van der Waals surface area contributed by atoms with Crippen molar-refractivity contribution in [3.63, 3.8) is 0 Å². The quantitative estimate of drug-likeness (QED) is 0.737. The van der Waals surface area contributed by atoms with Gasteiger partial charge < -0.3 is 10.1 Å². The predicted molar refractivity (Wildman–Crippen MR) is 76.2 cm³/mol. The van der Waals surface area contributed by atoms with E-state index in [0.717, 1.165) is 16.5 Å². The van der Waals surface area contributed by atoms with Crippen LogP contribution < -0.4 is 4.72 Å². The summed E-state index contributed by atoms with van der Waals surface area (Å²) in [5.74, 6) is -0.887. The average molecular weight is 296 g/mol. The van der Waals surface area contributed by atoms with E-state index >= 15 is 0 Å². The molecule has 0 atom stereocenters. The second-order valence-corrected chi connectivity index (χ2v) is 6.58. The zero-order valence-corrected chi connectivity index (χ0v) is 11.8. The third-order valence-electron chi connectivity index (χ3n) is 3.14. The highest BCUT2D eigenvalue weighted by molar-refractivity contribution is 7.89. The van der Waals surface area contributed by atoms with Crippen molar-refractivity contribution in [3.05, 3.63) is 35.5 Å². The zero-order valence-electron chi connectivity index (χ0n) is 11.0. The first kappa shape index (κ1) is 14.5. The van der Waals surface area contributed by atoms with Gasteiger partial charge in [-0.05, 0) is 36.7 Å². The number of hydrogen-bond acceptors (Lipinski definition) is 3. The van der Waals surface area contributed by atoms with Gasteiger partial charge in [0.05, 0.1) is 12.2 Å². The lowest BCUT2D eigenvalue weighted by molar-refractivity contribution is -0.136. The molecule has 0 aliphatic carbocycles. The maximum atomic E-state index is 11.4. The van der Waals surface area contributed by atoms with Crippen molar-refractivity contribution < 1.29 is 18.3 Å². The highest BCUT2D eigenvalue weighted by Gasteiger charge is 2.10. The highest BCUT2D eigenvalue weighted by atomic mass is 32.2. The molecule has 0 aliphatic rings. The standard InChI is InChI=1S/C13H16N2O4S/c1-14-20(18,19)5-4-9-2-3-12-11(6-9)10(8-15-12)7-13(16)17/h2-3,6,8,14-15H,4-5,7H2,1H3,(H,16,17). The number of nitrogens with one attached hydrogen (secondary N) is 2. The van der Waals surface area contributed by atoms with Crippen molar-refractivity contribution in [1.82, 2.24) is 9.71 Å². The summed E-state index contributed by atoms with van der Waals surface area (Å²) >= 11 is 0. The van der Waals surface area contributed by atoms with Gasteiger partial charge in [0.15, 0.2) is 0 Å². The number of hydrogen-bond donors (Lipinski definition) is 3. The number of aliphatic carboxylic acids is 1. The third kappa shape index (κ3) is 3.37. The number of aryl methyl sites for hydroxylation is 1. The maximum absolute atomic E-state index is 11.4. The van der Waals surface area contributed by atoms with Crippen LogP contribution in [-0.4, -0.2) is 37.3 Å². The third-order valence-corrected chi connectivity index (χ3v) is 4.51. The van der Waals surface area contributed by atoms with Gasteiger partial charge >= 0.3 is 5.97 Å². The van der Waals surface area contributed by atoms with Crippen molar-refractivity contribution in [2.45, 2.75) is 12.8 Å².